The van der Waals surface area contributed by atoms with Gasteiger partial charge in [0.1, 0.15) is 5.60 Å². The third-order valence-electron chi connectivity index (χ3n) is 4.62. The Bertz CT molecular complexity index is 619. The van der Waals surface area contributed by atoms with Crippen molar-refractivity contribution in [2.24, 2.45) is 0 Å². The highest BCUT2D eigenvalue weighted by atomic mass is 79.9. The first-order chi connectivity index (χ1) is 11.4. The molecule has 1 saturated heterocycles. The Morgan fingerprint density at radius 2 is 1.72 bits per heavy atom. The van der Waals surface area contributed by atoms with Gasteiger partial charge in [-0.3, -0.25) is 0 Å². The van der Waals surface area contributed by atoms with Gasteiger partial charge >= 0.3 is 0 Å². The van der Waals surface area contributed by atoms with Crippen molar-refractivity contribution < 1.29 is 9.47 Å². The number of likely N-dealkylation sites (tertiary alicyclic amines) is 1. The minimum atomic E-state index is -0.197. The van der Waals surface area contributed by atoms with Gasteiger partial charge in [-0.15, -0.1) is 12.4 Å². The molecule has 0 atom stereocenters. The van der Waals surface area contributed by atoms with Crippen molar-refractivity contribution in [2.75, 3.05) is 26.2 Å². The van der Waals surface area contributed by atoms with Gasteiger partial charge in [0.2, 0.25) is 0 Å². The molecule has 3 rings (SSSR count). The van der Waals surface area contributed by atoms with Crippen molar-refractivity contribution in [3.05, 3.63) is 19.0 Å². The quantitative estimate of drug-likeness (QED) is 0.308. The SMILES string of the molecule is CC1(C)Cc2c(Br)c(Br)c(Br)c(OCCCN3CCCCC3)c2O1.Cl. The molecule has 1 fully saturated rings. The highest BCUT2D eigenvalue weighted by molar-refractivity contribution is 9.14. The van der Waals surface area contributed by atoms with E-state index in [1.165, 1.54) is 37.9 Å². The lowest BCUT2D eigenvalue weighted by atomic mass is 10.0. The molecule has 2 heterocycles. The summed E-state index contributed by atoms with van der Waals surface area (Å²) in [6.07, 6.45) is 5.97. The van der Waals surface area contributed by atoms with Crippen LogP contribution in [0.25, 0.3) is 0 Å². The number of ether oxygens (including phenoxy) is 2. The van der Waals surface area contributed by atoms with E-state index in [0.29, 0.717) is 6.61 Å². The van der Waals surface area contributed by atoms with Crippen LogP contribution in [-0.4, -0.2) is 36.7 Å². The van der Waals surface area contributed by atoms with Gasteiger partial charge < -0.3 is 14.4 Å². The Kier molecular flexibility index (Phi) is 7.97. The van der Waals surface area contributed by atoms with E-state index >= 15 is 0 Å². The van der Waals surface area contributed by atoms with Crippen LogP contribution in [0.15, 0.2) is 13.4 Å². The van der Waals surface area contributed by atoms with Gasteiger partial charge in [-0.25, -0.2) is 0 Å². The van der Waals surface area contributed by atoms with Crippen molar-refractivity contribution in [2.45, 2.75) is 51.6 Å². The van der Waals surface area contributed by atoms with Crippen LogP contribution in [0.3, 0.4) is 0 Å². The number of piperidine rings is 1. The van der Waals surface area contributed by atoms with E-state index in [1.54, 1.807) is 0 Å². The van der Waals surface area contributed by atoms with E-state index in [1.807, 2.05) is 0 Å². The van der Waals surface area contributed by atoms with Gasteiger partial charge in [0.05, 0.1) is 15.6 Å². The van der Waals surface area contributed by atoms with Gasteiger partial charge in [0, 0.05) is 23.0 Å². The molecule has 0 unspecified atom stereocenters. The van der Waals surface area contributed by atoms with Crippen LogP contribution in [-0.2, 0) is 6.42 Å². The first-order valence-electron chi connectivity index (χ1n) is 8.62. The lowest BCUT2D eigenvalue weighted by molar-refractivity contribution is 0.131. The minimum Gasteiger partial charge on any atom is -0.488 e. The molecular formula is C18H25Br3ClNO2. The predicted octanol–water partition coefficient (Wildman–Crippen LogP) is 6.36. The summed E-state index contributed by atoms with van der Waals surface area (Å²) in [5, 5.41) is 0. The van der Waals surface area contributed by atoms with Gasteiger partial charge in [0.25, 0.3) is 0 Å². The van der Waals surface area contributed by atoms with Crippen molar-refractivity contribution in [3.63, 3.8) is 0 Å². The van der Waals surface area contributed by atoms with Crippen molar-refractivity contribution in [1.82, 2.24) is 4.90 Å². The molecule has 0 radical (unpaired) electrons. The zero-order valence-electron chi connectivity index (χ0n) is 14.7. The zero-order chi connectivity index (χ0) is 17.3. The third kappa shape index (κ3) is 5.07. The highest BCUT2D eigenvalue weighted by Crippen LogP contribution is 2.53. The molecule has 7 heteroatoms. The Labute approximate surface area is 182 Å². The molecule has 0 saturated carbocycles. The maximum atomic E-state index is 6.17. The summed E-state index contributed by atoms with van der Waals surface area (Å²) in [7, 11) is 0. The van der Waals surface area contributed by atoms with Crippen molar-refractivity contribution >= 4 is 60.2 Å². The fraction of sp³-hybridized carbons (Fsp3) is 0.667. The predicted molar refractivity (Wildman–Crippen MR) is 116 cm³/mol. The molecule has 2 aliphatic heterocycles. The maximum Gasteiger partial charge on any atom is 0.176 e. The van der Waals surface area contributed by atoms with Gasteiger partial charge in [-0.05, 0) is 94.0 Å². The van der Waals surface area contributed by atoms with E-state index in [4.69, 9.17) is 9.47 Å². The highest BCUT2D eigenvalue weighted by Gasteiger charge is 2.36. The molecule has 0 bridgehead atoms. The molecule has 0 N–H and O–H groups in total. The standard InChI is InChI=1S/C18H24Br3NO2.ClH/c1-18(2)11-12-13(19)14(20)15(21)17(16(12)24-18)23-10-6-9-22-7-4-3-5-8-22;/h3-11H2,1-2H3;1H. The Hall–Kier alpha value is 0.510. The van der Waals surface area contributed by atoms with Crippen molar-refractivity contribution in [3.8, 4) is 11.5 Å². The minimum absolute atomic E-state index is 0. The Morgan fingerprint density at radius 3 is 2.40 bits per heavy atom. The summed E-state index contributed by atoms with van der Waals surface area (Å²) < 4.78 is 15.3. The van der Waals surface area contributed by atoms with Crippen LogP contribution in [0, 0.1) is 0 Å². The smallest absolute Gasteiger partial charge is 0.176 e. The third-order valence-corrected chi connectivity index (χ3v) is 8.11. The first kappa shape index (κ1) is 21.8. The summed E-state index contributed by atoms with van der Waals surface area (Å²) in [6.45, 7) is 8.52. The lowest BCUT2D eigenvalue weighted by Crippen LogP contribution is -2.31. The second-order valence-corrected chi connectivity index (χ2v) is 9.60. The Balaban J connectivity index is 0.00000225. The normalized spacial score (nSPS) is 19.1. The molecule has 0 aliphatic carbocycles. The van der Waals surface area contributed by atoms with Gasteiger partial charge in [-0.2, -0.15) is 0 Å². The monoisotopic (exact) mass is 559 g/mol. The molecule has 2 aliphatic rings. The molecule has 142 valence electrons. The van der Waals surface area contributed by atoms with Crippen LogP contribution in [0.5, 0.6) is 11.5 Å². The van der Waals surface area contributed by atoms with E-state index < -0.39 is 0 Å². The summed E-state index contributed by atoms with van der Waals surface area (Å²) in [6, 6.07) is 0. The average molecular weight is 563 g/mol. The number of hydrogen-bond donors (Lipinski definition) is 0. The van der Waals surface area contributed by atoms with Gasteiger partial charge in [-0.1, -0.05) is 6.42 Å². The van der Waals surface area contributed by atoms with E-state index in [0.717, 1.165) is 44.3 Å². The number of hydrogen-bond acceptors (Lipinski definition) is 3. The number of fused-ring (bicyclic) bond motifs is 1. The van der Waals surface area contributed by atoms with Crippen LogP contribution in [0.2, 0.25) is 0 Å². The number of rotatable bonds is 5. The molecule has 0 aromatic heterocycles. The Morgan fingerprint density at radius 1 is 1.04 bits per heavy atom. The number of benzene rings is 1. The summed E-state index contributed by atoms with van der Waals surface area (Å²) in [4.78, 5) is 2.55. The van der Waals surface area contributed by atoms with Crippen LogP contribution in [0.4, 0.5) is 0 Å². The molecule has 3 nitrogen and oxygen atoms in total. The maximum absolute atomic E-state index is 6.17. The molecule has 0 amide bonds. The molecule has 1 aromatic rings. The number of nitrogens with zero attached hydrogens (tertiary/aromatic N) is 1. The fourth-order valence-electron chi connectivity index (χ4n) is 3.44. The lowest BCUT2D eigenvalue weighted by Gasteiger charge is -2.26. The summed E-state index contributed by atoms with van der Waals surface area (Å²) in [5.74, 6) is 1.70. The molecule has 25 heavy (non-hydrogen) atoms. The topological polar surface area (TPSA) is 21.7 Å². The molecular weight excluding hydrogens is 537 g/mol. The van der Waals surface area contributed by atoms with E-state index in [2.05, 4.69) is 66.5 Å². The van der Waals surface area contributed by atoms with E-state index in [9.17, 15) is 0 Å². The van der Waals surface area contributed by atoms with Crippen LogP contribution < -0.4 is 9.47 Å². The zero-order valence-corrected chi connectivity index (χ0v) is 20.2. The van der Waals surface area contributed by atoms with Crippen molar-refractivity contribution in [1.29, 1.82) is 0 Å². The molecule has 0 spiro atoms. The second kappa shape index (κ2) is 9.13. The van der Waals surface area contributed by atoms with E-state index in [-0.39, 0.29) is 18.0 Å². The fourth-order valence-corrected chi connectivity index (χ4v) is 5.14. The molecule has 1 aromatic carbocycles. The van der Waals surface area contributed by atoms with Crippen LogP contribution >= 0.6 is 60.2 Å². The first-order valence-corrected chi connectivity index (χ1v) is 11.0. The number of halogens is 4. The summed E-state index contributed by atoms with van der Waals surface area (Å²) in [5.41, 5.74) is 0.984. The second-order valence-electron chi connectivity index (χ2n) is 7.22. The average Bonchev–Trinajstić information content (AvgIpc) is 2.88. The van der Waals surface area contributed by atoms with Crippen LogP contribution in [0.1, 0.15) is 45.1 Å². The van der Waals surface area contributed by atoms with Gasteiger partial charge in [0.15, 0.2) is 11.5 Å². The largest absolute Gasteiger partial charge is 0.488 e. The summed E-state index contributed by atoms with van der Waals surface area (Å²) >= 11 is 11.0.